The molecular formula is C21H20N4O6S. The molecule has 0 aliphatic rings. The van der Waals surface area contributed by atoms with Gasteiger partial charge in [-0.15, -0.1) is 0 Å². The molecule has 32 heavy (non-hydrogen) atoms. The number of rotatable bonds is 9. The van der Waals surface area contributed by atoms with Crippen molar-refractivity contribution < 1.29 is 23.2 Å². The molecule has 0 fully saturated rings. The minimum atomic E-state index is -4.15. The second-order valence-corrected chi connectivity index (χ2v) is 8.49. The van der Waals surface area contributed by atoms with Crippen LogP contribution >= 0.6 is 0 Å². The first-order chi connectivity index (χ1) is 15.2. The van der Waals surface area contributed by atoms with Gasteiger partial charge in [-0.05, 0) is 42.3 Å². The fourth-order valence-electron chi connectivity index (χ4n) is 2.84. The summed E-state index contributed by atoms with van der Waals surface area (Å²) in [6.45, 7) is 1.98. The predicted octanol–water partition coefficient (Wildman–Crippen LogP) is 3.52. The van der Waals surface area contributed by atoms with Gasteiger partial charge in [0.25, 0.3) is 15.7 Å². The quantitative estimate of drug-likeness (QED) is 0.282. The first-order valence-electron chi connectivity index (χ1n) is 9.35. The van der Waals surface area contributed by atoms with Gasteiger partial charge in [0, 0.05) is 18.7 Å². The van der Waals surface area contributed by atoms with Crippen molar-refractivity contribution >= 4 is 33.1 Å². The maximum Gasteiger partial charge on any atom is 0.335 e. The Morgan fingerprint density at radius 1 is 1.03 bits per heavy atom. The monoisotopic (exact) mass is 456 g/mol. The summed E-state index contributed by atoms with van der Waals surface area (Å²) in [5, 5.41) is 20.1. The van der Waals surface area contributed by atoms with Gasteiger partial charge in [0.1, 0.15) is 4.90 Å². The third kappa shape index (κ3) is 5.39. The number of para-hydroxylation sites is 1. The highest BCUT2D eigenvalue weighted by Crippen LogP contribution is 2.28. The van der Waals surface area contributed by atoms with Gasteiger partial charge in [-0.3, -0.25) is 14.8 Å². The van der Waals surface area contributed by atoms with Crippen molar-refractivity contribution in [1.29, 1.82) is 0 Å². The number of carboxylic acid groups (broad SMARTS) is 1. The molecule has 0 bridgehead atoms. The van der Waals surface area contributed by atoms with Gasteiger partial charge in [0.2, 0.25) is 0 Å². The first-order valence-corrected chi connectivity index (χ1v) is 10.8. The smallest absolute Gasteiger partial charge is 0.335 e. The lowest BCUT2D eigenvalue weighted by atomic mass is 10.1. The van der Waals surface area contributed by atoms with Crippen LogP contribution in [0.25, 0.3) is 0 Å². The molecule has 0 aliphatic heterocycles. The van der Waals surface area contributed by atoms with Crippen molar-refractivity contribution in [2.45, 2.75) is 18.4 Å². The highest BCUT2D eigenvalue weighted by molar-refractivity contribution is 7.92. The van der Waals surface area contributed by atoms with Crippen LogP contribution in [-0.2, 0) is 16.6 Å². The molecule has 4 N–H and O–H groups in total. The molecule has 3 rings (SSSR count). The molecule has 0 radical (unpaired) electrons. The Morgan fingerprint density at radius 3 is 2.34 bits per heavy atom. The van der Waals surface area contributed by atoms with Gasteiger partial charge in [0.05, 0.1) is 21.9 Å². The molecule has 0 saturated heterocycles. The van der Waals surface area contributed by atoms with E-state index in [2.05, 4.69) is 15.6 Å². The highest BCUT2D eigenvalue weighted by Gasteiger charge is 2.23. The zero-order valence-electron chi connectivity index (χ0n) is 16.9. The Balaban J connectivity index is 1.83. The van der Waals surface area contributed by atoms with Gasteiger partial charge in [-0.1, -0.05) is 30.3 Å². The van der Waals surface area contributed by atoms with Crippen LogP contribution in [0.2, 0.25) is 0 Å². The van der Waals surface area contributed by atoms with Crippen LogP contribution in [0, 0.1) is 17.0 Å². The lowest BCUT2D eigenvalue weighted by molar-refractivity contribution is -0.385. The summed E-state index contributed by atoms with van der Waals surface area (Å²) in [6.07, 6.45) is 0. The average molecular weight is 456 g/mol. The largest absolute Gasteiger partial charge is 0.478 e. The number of benzene rings is 3. The number of nitro groups is 1. The van der Waals surface area contributed by atoms with Gasteiger partial charge in [-0.25, -0.2) is 18.6 Å². The molecule has 3 aromatic carbocycles. The molecular weight excluding hydrogens is 436 g/mol. The van der Waals surface area contributed by atoms with E-state index < -0.39 is 20.9 Å². The topological polar surface area (TPSA) is 151 Å². The number of hydrogen-bond acceptors (Lipinski definition) is 7. The van der Waals surface area contributed by atoms with Gasteiger partial charge >= 0.3 is 5.97 Å². The molecule has 0 saturated carbocycles. The number of nitro benzene ring substituents is 1. The maximum absolute atomic E-state index is 13.0. The van der Waals surface area contributed by atoms with E-state index in [0.717, 1.165) is 11.6 Å². The van der Waals surface area contributed by atoms with E-state index in [0.29, 0.717) is 11.3 Å². The summed E-state index contributed by atoms with van der Waals surface area (Å²) in [4.78, 5) is 21.1. The fraction of sp³-hybridized carbons (Fsp3) is 0.0952. The van der Waals surface area contributed by atoms with E-state index in [-0.39, 0.29) is 28.4 Å². The molecule has 0 atom stereocenters. The molecule has 0 spiro atoms. The van der Waals surface area contributed by atoms with Crippen molar-refractivity contribution in [3.8, 4) is 0 Å². The van der Waals surface area contributed by atoms with Crippen molar-refractivity contribution in [1.82, 2.24) is 5.43 Å². The number of carbonyl (C=O) groups is 1. The van der Waals surface area contributed by atoms with Crippen molar-refractivity contribution in [3.05, 3.63) is 93.5 Å². The van der Waals surface area contributed by atoms with Crippen LogP contribution in [0.3, 0.4) is 0 Å². The summed E-state index contributed by atoms with van der Waals surface area (Å²) >= 11 is 0. The molecule has 3 aromatic rings. The Bertz CT molecular complexity index is 1260. The van der Waals surface area contributed by atoms with E-state index in [1.54, 1.807) is 43.3 Å². The number of hydrogen-bond donors (Lipinski definition) is 4. The maximum atomic E-state index is 13.0. The number of nitrogens with zero attached hydrogens (tertiary/aromatic N) is 1. The highest BCUT2D eigenvalue weighted by atomic mass is 32.2. The number of sulfonamides is 1. The second kappa shape index (κ2) is 9.45. The number of non-ortho nitro benzene ring substituents is 1. The average Bonchev–Trinajstić information content (AvgIpc) is 2.75. The van der Waals surface area contributed by atoms with Crippen LogP contribution in [0.1, 0.15) is 21.5 Å². The Labute approximate surface area is 184 Å². The van der Waals surface area contributed by atoms with Crippen LogP contribution in [0.15, 0.2) is 71.6 Å². The minimum Gasteiger partial charge on any atom is -0.478 e. The normalized spacial score (nSPS) is 11.0. The second-order valence-electron chi connectivity index (χ2n) is 6.84. The zero-order chi connectivity index (χ0) is 23.3. The third-order valence-corrected chi connectivity index (χ3v) is 5.98. The summed E-state index contributed by atoms with van der Waals surface area (Å²) in [6, 6.07) is 16.4. The van der Waals surface area contributed by atoms with Crippen molar-refractivity contribution in [2.24, 2.45) is 0 Å². The minimum absolute atomic E-state index is 0.110. The van der Waals surface area contributed by atoms with E-state index in [9.17, 15) is 23.3 Å². The molecule has 10 nitrogen and oxygen atoms in total. The Hall–Kier alpha value is -3.96. The molecule has 0 amide bonds. The zero-order valence-corrected chi connectivity index (χ0v) is 17.7. The van der Waals surface area contributed by atoms with E-state index >= 15 is 0 Å². The molecule has 0 aliphatic carbocycles. The summed E-state index contributed by atoms with van der Waals surface area (Å²) in [5.41, 5.74) is 7.29. The number of hydrazine groups is 1. The first kappa shape index (κ1) is 22.7. The Morgan fingerprint density at radius 2 is 1.72 bits per heavy atom. The van der Waals surface area contributed by atoms with E-state index in [4.69, 9.17) is 5.11 Å². The number of anilines is 2. The molecule has 0 aromatic heterocycles. The number of nitrogens with one attached hydrogen (secondary N) is 3. The molecule has 0 unspecified atom stereocenters. The molecule has 11 heteroatoms. The van der Waals surface area contributed by atoms with Gasteiger partial charge < -0.3 is 10.5 Å². The van der Waals surface area contributed by atoms with Crippen LogP contribution in [0.4, 0.5) is 17.1 Å². The lowest BCUT2D eigenvalue weighted by Gasteiger charge is -2.15. The standard InChI is InChI=1S/C21H20N4O6S/c1-14-4-2-3-5-18(14)24-32(30,31)20-12-17(25(28)29)10-11-19(20)23-22-13-15-6-8-16(9-7-15)21(26)27/h2-12,22-24H,13H2,1H3,(H,26,27). The van der Waals surface area contributed by atoms with Crippen molar-refractivity contribution in [2.75, 3.05) is 10.1 Å². The third-order valence-electron chi connectivity index (χ3n) is 4.57. The van der Waals surface area contributed by atoms with E-state index in [1.165, 1.54) is 24.3 Å². The van der Waals surface area contributed by atoms with E-state index in [1.807, 2.05) is 0 Å². The van der Waals surface area contributed by atoms with Crippen LogP contribution < -0.4 is 15.6 Å². The summed E-state index contributed by atoms with van der Waals surface area (Å²) in [7, 11) is -4.15. The fourth-order valence-corrected chi connectivity index (χ4v) is 4.16. The van der Waals surface area contributed by atoms with Crippen LogP contribution in [0.5, 0.6) is 0 Å². The Kier molecular flexibility index (Phi) is 6.71. The summed E-state index contributed by atoms with van der Waals surface area (Å²) in [5.74, 6) is -1.04. The molecule has 0 heterocycles. The predicted molar refractivity (Wildman–Crippen MR) is 119 cm³/mol. The van der Waals surface area contributed by atoms with Crippen molar-refractivity contribution in [3.63, 3.8) is 0 Å². The number of aryl methyl sites for hydroxylation is 1. The van der Waals surface area contributed by atoms with Gasteiger partial charge in [-0.2, -0.15) is 0 Å². The van der Waals surface area contributed by atoms with Gasteiger partial charge in [0.15, 0.2) is 0 Å². The SMILES string of the molecule is Cc1ccccc1NS(=O)(=O)c1cc([N+](=O)[O-])ccc1NNCc1ccc(C(=O)O)cc1. The molecule has 166 valence electrons. The summed E-state index contributed by atoms with van der Waals surface area (Å²) < 4.78 is 28.5. The lowest BCUT2D eigenvalue weighted by Crippen LogP contribution is -2.24. The number of carboxylic acids is 1. The van der Waals surface area contributed by atoms with Crippen LogP contribution in [-0.4, -0.2) is 24.4 Å². The number of aromatic carboxylic acids is 1.